The summed E-state index contributed by atoms with van der Waals surface area (Å²) < 4.78 is 0. The lowest BCUT2D eigenvalue weighted by Crippen LogP contribution is -2.24. The first-order valence-electron chi connectivity index (χ1n) is 5.64. The summed E-state index contributed by atoms with van der Waals surface area (Å²) in [4.78, 5) is 14.9. The molecule has 4 nitrogen and oxygen atoms in total. The maximum absolute atomic E-state index is 11.0. The largest absolute Gasteiger partial charge is 0.481 e. The molecular formula is C12H16N2O2. The number of aliphatic carboxylic acids is 1. The average molecular weight is 220 g/mol. The normalized spacial score (nSPS) is 24.2. The number of carboxylic acids is 1. The number of rotatable bonds is 4. The lowest BCUT2D eigenvalue weighted by molar-refractivity contribution is -0.142. The highest BCUT2D eigenvalue weighted by atomic mass is 16.4. The Labute approximate surface area is 94.7 Å². The zero-order valence-corrected chi connectivity index (χ0v) is 9.10. The number of hydrogen-bond donors (Lipinski definition) is 2. The molecule has 1 aromatic heterocycles. The first kappa shape index (κ1) is 10.9. The molecule has 1 saturated carbocycles. The van der Waals surface area contributed by atoms with E-state index >= 15 is 0 Å². The van der Waals surface area contributed by atoms with E-state index in [2.05, 4.69) is 10.3 Å². The van der Waals surface area contributed by atoms with E-state index in [-0.39, 0.29) is 11.8 Å². The number of nitrogens with zero attached hydrogens (tertiary/aromatic N) is 1. The van der Waals surface area contributed by atoms with Gasteiger partial charge in [-0.05, 0) is 30.9 Å². The van der Waals surface area contributed by atoms with Gasteiger partial charge in [-0.25, -0.2) is 0 Å². The van der Waals surface area contributed by atoms with Gasteiger partial charge in [0.05, 0.1) is 5.92 Å². The van der Waals surface area contributed by atoms with Gasteiger partial charge in [-0.2, -0.15) is 0 Å². The van der Waals surface area contributed by atoms with E-state index in [9.17, 15) is 4.79 Å². The third-order valence-electron chi connectivity index (χ3n) is 3.22. The van der Waals surface area contributed by atoms with Crippen LogP contribution in [-0.4, -0.2) is 22.6 Å². The van der Waals surface area contributed by atoms with E-state index in [4.69, 9.17) is 5.11 Å². The van der Waals surface area contributed by atoms with Crippen molar-refractivity contribution in [3.63, 3.8) is 0 Å². The first-order chi connectivity index (χ1) is 7.77. The Balaban J connectivity index is 1.88. The van der Waals surface area contributed by atoms with Crippen LogP contribution >= 0.6 is 0 Å². The molecule has 2 unspecified atom stereocenters. The molecule has 2 rings (SSSR count). The fourth-order valence-corrected chi connectivity index (χ4v) is 2.32. The van der Waals surface area contributed by atoms with Crippen LogP contribution in [-0.2, 0) is 4.79 Å². The minimum Gasteiger partial charge on any atom is -0.481 e. The molecule has 4 heteroatoms. The molecule has 2 atom stereocenters. The first-order valence-corrected chi connectivity index (χ1v) is 5.64. The van der Waals surface area contributed by atoms with Crippen LogP contribution in [0, 0.1) is 11.8 Å². The maximum atomic E-state index is 11.0. The minimum absolute atomic E-state index is 0.172. The zero-order chi connectivity index (χ0) is 11.4. The van der Waals surface area contributed by atoms with E-state index in [1.54, 1.807) is 12.4 Å². The van der Waals surface area contributed by atoms with E-state index in [0.29, 0.717) is 0 Å². The van der Waals surface area contributed by atoms with E-state index in [1.165, 1.54) is 0 Å². The number of pyridine rings is 1. The number of anilines is 1. The number of carboxylic acid groups (broad SMARTS) is 1. The molecule has 1 heterocycles. The number of carbonyl (C=O) groups is 1. The Hall–Kier alpha value is -1.58. The maximum Gasteiger partial charge on any atom is 0.306 e. The standard InChI is InChI=1S/C12H16N2O2/c15-12(16)11-3-1-2-9(11)8-14-10-4-6-13-7-5-10/h4-7,9,11H,1-3,8H2,(H,13,14)(H,15,16). The quantitative estimate of drug-likeness (QED) is 0.814. The van der Waals surface area contributed by atoms with Crippen molar-refractivity contribution in [1.29, 1.82) is 0 Å². The van der Waals surface area contributed by atoms with E-state index < -0.39 is 5.97 Å². The summed E-state index contributed by atoms with van der Waals surface area (Å²) in [6.07, 6.45) is 6.31. The summed E-state index contributed by atoms with van der Waals surface area (Å²) >= 11 is 0. The Kier molecular flexibility index (Phi) is 3.39. The fraction of sp³-hybridized carbons (Fsp3) is 0.500. The smallest absolute Gasteiger partial charge is 0.306 e. The van der Waals surface area contributed by atoms with Crippen molar-refractivity contribution in [2.24, 2.45) is 11.8 Å². The van der Waals surface area contributed by atoms with Crippen molar-refractivity contribution in [2.75, 3.05) is 11.9 Å². The van der Waals surface area contributed by atoms with Gasteiger partial charge in [-0.3, -0.25) is 9.78 Å². The molecular weight excluding hydrogens is 204 g/mol. The van der Waals surface area contributed by atoms with Gasteiger partial charge in [-0.1, -0.05) is 6.42 Å². The molecule has 0 bridgehead atoms. The van der Waals surface area contributed by atoms with E-state index in [0.717, 1.165) is 31.5 Å². The van der Waals surface area contributed by atoms with Crippen molar-refractivity contribution in [3.8, 4) is 0 Å². The Morgan fingerprint density at radius 1 is 1.44 bits per heavy atom. The van der Waals surface area contributed by atoms with Crippen LogP contribution in [0.2, 0.25) is 0 Å². The van der Waals surface area contributed by atoms with Crippen molar-refractivity contribution < 1.29 is 9.90 Å². The minimum atomic E-state index is -0.654. The van der Waals surface area contributed by atoms with Crippen LogP contribution in [0.15, 0.2) is 24.5 Å². The second-order valence-electron chi connectivity index (χ2n) is 4.25. The van der Waals surface area contributed by atoms with Crippen molar-refractivity contribution in [3.05, 3.63) is 24.5 Å². The molecule has 0 amide bonds. The molecule has 86 valence electrons. The predicted molar refractivity (Wildman–Crippen MR) is 61.2 cm³/mol. The zero-order valence-electron chi connectivity index (χ0n) is 9.10. The molecule has 0 aliphatic heterocycles. The van der Waals surface area contributed by atoms with Crippen LogP contribution in [0.5, 0.6) is 0 Å². The lowest BCUT2D eigenvalue weighted by atomic mass is 9.96. The lowest BCUT2D eigenvalue weighted by Gasteiger charge is -2.16. The van der Waals surface area contributed by atoms with Crippen LogP contribution in [0.25, 0.3) is 0 Å². The van der Waals surface area contributed by atoms with Gasteiger partial charge in [0, 0.05) is 24.6 Å². The summed E-state index contributed by atoms with van der Waals surface area (Å²) in [7, 11) is 0. The fourth-order valence-electron chi connectivity index (χ4n) is 2.32. The van der Waals surface area contributed by atoms with Gasteiger partial charge in [-0.15, -0.1) is 0 Å². The number of nitrogens with one attached hydrogen (secondary N) is 1. The Morgan fingerprint density at radius 2 is 2.19 bits per heavy atom. The highest BCUT2D eigenvalue weighted by molar-refractivity contribution is 5.70. The molecule has 0 aromatic carbocycles. The predicted octanol–water partition coefficient (Wildman–Crippen LogP) is 1.99. The summed E-state index contributed by atoms with van der Waals surface area (Å²) in [5.74, 6) is -0.570. The second kappa shape index (κ2) is 4.96. The third-order valence-corrected chi connectivity index (χ3v) is 3.22. The summed E-state index contributed by atoms with van der Waals surface area (Å²) in [5, 5.41) is 12.3. The summed E-state index contributed by atoms with van der Waals surface area (Å²) in [6, 6.07) is 3.79. The van der Waals surface area contributed by atoms with Crippen molar-refractivity contribution in [2.45, 2.75) is 19.3 Å². The van der Waals surface area contributed by atoms with Gasteiger partial charge in [0.2, 0.25) is 0 Å². The topological polar surface area (TPSA) is 62.2 Å². The summed E-state index contributed by atoms with van der Waals surface area (Å²) in [6.45, 7) is 0.737. The number of aromatic nitrogens is 1. The SMILES string of the molecule is O=C(O)C1CCCC1CNc1ccncc1. The van der Waals surface area contributed by atoms with E-state index in [1.807, 2.05) is 12.1 Å². The average Bonchev–Trinajstić information content (AvgIpc) is 2.76. The molecule has 16 heavy (non-hydrogen) atoms. The molecule has 2 N–H and O–H groups in total. The molecule has 0 radical (unpaired) electrons. The van der Waals surface area contributed by atoms with Gasteiger partial charge < -0.3 is 10.4 Å². The van der Waals surface area contributed by atoms with Gasteiger partial charge >= 0.3 is 5.97 Å². The number of hydrogen-bond acceptors (Lipinski definition) is 3. The van der Waals surface area contributed by atoms with Gasteiger partial charge in [0.25, 0.3) is 0 Å². The molecule has 1 aromatic rings. The van der Waals surface area contributed by atoms with Crippen molar-refractivity contribution >= 4 is 11.7 Å². The van der Waals surface area contributed by atoms with Crippen LogP contribution in [0.1, 0.15) is 19.3 Å². The Morgan fingerprint density at radius 3 is 2.88 bits per heavy atom. The van der Waals surface area contributed by atoms with Gasteiger partial charge in [0.15, 0.2) is 0 Å². The molecule has 1 aliphatic carbocycles. The van der Waals surface area contributed by atoms with Crippen LogP contribution < -0.4 is 5.32 Å². The highest BCUT2D eigenvalue weighted by Crippen LogP contribution is 2.31. The van der Waals surface area contributed by atoms with Crippen LogP contribution in [0.4, 0.5) is 5.69 Å². The molecule has 1 aliphatic rings. The summed E-state index contributed by atoms with van der Waals surface area (Å²) in [5.41, 5.74) is 1.01. The third kappa shape index (κ3) is 2.51. The molecule has 0 spiro atoms. The second-order valence-corrected chi connectivity index (χ2v) is 4.25. The molecule has 0 saturated heterocycles. The Bertz CT molecular complexity index is 353. The van der Waals surface area contributed by atoms with Crippen molar-refractivity contribution in [1.82, 2.24) is 4.98 Å². The highest BCUT2D eigenvalue weighted by Gasteiger charge is 2.32. The molecule has 1 fully saturated rings. The monoisotopic (exact) mass is 220 g/mol. The van der Waals surface area contributed by atoms with Crippen LogP contribution in [0.3, 0.4) is 0 Å². The van der Waals surface area contributed by atoms with Gasteiger partial charge in [0.1, 0.15) is 0 Å².